The van der Waals surface area contributed by atoms with Gasteiger partial charge >= 0.3 is 5.97 Å². The van der Waals surface area contributed by atoms with Crippen LogP contribution in [0.5, 0.6) is 0 Å². The van der Waals surface area contributed by atoms with Crippen molar-refractivity contribution >= 4 is 22.6 Å². The minimum atomic E-state index is -0.693. The number of carboxylic acid groups (broad SMARTS) is 1. The topological polar surface area (TPSA) is 66.3 Å². The maximum Gasteiger partial charge on any atom is 0.306 e. The number of benzene rings is 1. The zero-order valence-electron chi connectivity index (χ0n) is 12.3. The molecule has 0 radical (unpaired) electrons. The van der Waals surface area contributed by atoms with Crippen molar-refractivity contribution in [1.82, 2.24) is 10.2 Å². The van der Waals surface area contributed by atoms with Gasteiger partial charge in [-0.1, -0.05) is 24.3 Å². The van der Waals surface area contributed by atoms with E-state index in [4.69, 9.17) is 0 Å². The van der Waals surface area contributed by atoms with Crippen molar-refractivity contribution in [2.24, 2.45) is 5.92 Å². The van der Waals surface area contributed by atoms with Crippen LogP contribution in [0, 0.1) is 12.8 Å². The fraction of sp³-hybridized carbons (Fsp3) is 0.438. The van der Waals surface area contributed by atoms with Gasteiger partial charge in [0.05, 0.1) is 11.6 Å². The van der Waals surface area contributed by atoms with E-state index in [9.17, 15) is 9.90 Å². The maximum atomic E-state index is 11.2. The number of anilines is 1. The lowest BCUT2D eigenvalue weighted by Gasteiger charge is -2.37. The Morgan fingerprint density at radius 3 is 2.67 bits per heavy atom. The molecule has 0 spiro atoms. The van der Waals surface area contributed by atoms with E-state index in [1.54, 1.807) is 0 Å². The van der Waals surface area contributed by atoms with Crippen LogP contribution >= 0.6 is 0 Å². The number of hydrogen-bond donors (Lipinski definition) is 1. The number of fused-ring (bicyclic) bond motifs is 1. The SMILES string of the molecule is Cc1nnc(N2CCC(C(=O)O)CC2C)c2ccccc12. The average Bonchev–Trinajstić information content (AvgIpc) is 2.48. The van der Waals surface area contributed by atoms with Crippen LogP contribution in [-0.4, -0.2) is 33.9 Å². The molecule has 1 aliphatic rings. The Balaban J connectivity index is 1.98. The number of piperidine rings is 1. The van der Waals surface area contributed by atoms with E-state index in [1.807, 2.05) is 19.1 Å². The maximum absolute atomic E-state index is 11.2. The number of hydrogen-bond acceptors (Lipinski definition) is 4. The molecule has 1 aliphatic heterocycles. The van der Waals surface area contributed by atoms with Crippen molar-refractivity contribution in [1.29, 1.82) is 0 Å². The summed E-state index contributed by atoms with van der Waals surface area (Å²) in [7, 11) is 0. The number of aromatic nitrogens is 2. The van der Waals surface area contributed by atoms with Gasteiger partial charge in [-0.05, 0) is 26.7 Å². The third-order valence-electron chi connectivity index (χ3n) is 4.35. The van der Waals surface area contributed by atoms with E-state index in [0.717, 1.165) is 22.3 Å². The molecular formula is C16H19N3O2. The van der Waals surface area contributed by atoms with Crippen LogP contribution in [0.2, 0.25) is 0 Å². The van der Waals surface area contributed by atoms with Crippen LogP contribution in [-0.2, 0) is 4.79 Å². The zero-order chi connectivity index (χ0) is 15.0. The number of rotatable bonds is 2. The Kier molecular flexibility index (Phi) is 3.49. The molecule has 0 bridgehead atoms. The fourth-order valence-corrected chi connectivity index (χ4v) is 3.15. The van der Waals surface area contributed by atoms with Gasteiger partial charge in [0.1, 0.15) is 0 Å². The summed E-state index contributed by atoms with van der Waals surface area (Å²) in [6.45, 7) is 4.73. The third-order valence-corrected chi connectivity index (χ3v) is 4.35. The molecular weight excluding hydrogens is 266 g/mol. The summed E-state index contributed by atoms with van der Waals surface area (Å²) in [5.41, 5.74) is 0.919. The lowest BCUT2D eigenvalue weighted by atomic mass is 9.91. The summed E-state index contributed by atoms with van der Waals surface area (Å²) in [6, 6.07) is 8.27. The lowest BCUT2D eigenvalue weighted by molar-refractivity contribution is -0.142. The highest BCUT2D eigenvalue weighted by Gasteiger charge is 2.31. The molecule has 2 heterocycles. The monoisotopic (exact) mass is 285 g/mol. The highest BCUT2D eigenvalue weighted by molar-refractivity contribution is 5.93. The van der Waals surface area contributed by atoms with Crippen LogP contribution in [0.1, 0.15) is 25.5 Å². The van der Waals surface area contributed by atoms with Gasteiger partial charge in [0, 0.05) is 23.4 Å². The minimum Gasteiger partial charge on any atom is -0.481 e. The molecule has 3 rings (SSSR count). The quantitative estimate of drug-likeness (QED) is 0.918. The number of aliphatic carboxylic acids is 1. The molecule has 1 aromatic heterocycles. The van der Waals surface area contributed by atoms with E-state index in [0.29, 0.717) is 19.4 Å². The first kappa shape index (κ1) is 13.8. The number of carboxylic acids is 1. The van der Waals surface area contributed by atoms with Gasteiger partial charge in [-0.15, -0.1) is 5.10 Å². The minimum absolute atomic E-state index is 0.153. The van der Waals surface area contributed by atoms with Gasteiger partial charge in [0.2, 0.25) is 0 Å². The highest BCUT2D eigenvalue weighted by Crippen LogP contribution is 2.32. The van der Waals surface area contributed by atoms with Gasteiger partial charge < -0.3 is 10.0 Å². The van der Waals surface area contributed by atoms with Gasteiger partial charge in [0.15, 0.2) is 5.82 Å². The van der Waals surface area contributed by atoms with Crippen molar-refractivity contribution in [2.75, 3.05) is 11.4 Å². The van der Waals surface area contributed by atoms with Crippen molar-refractivity contribution in [3.8, 4) is 0 Å². The molecule has 21 heavy (non-hydrogen) atoms. The number of nitrogens with zero attached hydrogens (tertiary/aromatic N) is 3. The summed E-state index contributed by atoms with van der Waals surface area (Å²) in [4.78, 5) is 13.3. The van der Waals surface area contributed by atoms with Crippen LogP contribution in [0.15, 0.2) is 24.3 Å². The van der Waals surface area contributed by atoms with Gasteiger partial charge in [-0.25, -0.2) is 0 Å². The lowest BCUT2D eigenvalue weighted by Crippen LogP contribution is -2.43. The molecule has 2 aromatic rings. The van der Waals surface area contributed by atoms with Gasteiger partial charge in [-0.2, -0.15) is 5.10 Å². The Morgan fingerprint density at radius 1 is 1.29 bits per heavy atom. The summed E-state index contributed by atoms with van der Waals surface area (Å²) >= 11 is 0. The van der Waals surface area contributed by atoms with E-state index >= 15 is 0 Å². The smallest absolute Gasteiger partial charge is 0.306 e. The van der Waals surface area contributed by atoms with E-state index in [1.165, 1.54) is 0 Å². The molecule has 0 amide bonds. The second-order valence-corrected chi connectivity index (χ2v) is 5.76. The first-order chi connectivity index (χ1) is 10.1. The standard InChI is InChI=1S/C16H19N3O2/c1-10-9-12(16(20)21)7-8-19(10)15-14-6-4-3-5-13(14)11(2)17-18-15/h3-6,10,12H,7-9H2,1-2H3,(H,20,21). The molecule has 1 fully saturated rings. The predicted octanol–water partition coefficient (Wildman–Crippen LogP) is 2.63. The van der Waals surface area contributed by atoms with Gasteiger partial charge in [-0.3, -0.25) is 4.79 Å². The fourth-order valence-electron chi connectivity index (χ4n) is 3.15. The van der Waals surface area contributed by atoms with Gasteiger partial charge in [0.25, 0.3) is 0 Å². The molecule has 2 unspecified atom stereocenters. The normalized spacial score (nSPS) is 22.5. The van der Waals surface area contributed by atoms with E-state index < -0.39 is 5.97 Å². The Labute approximate surface area is 123 Å². The zero-order valence-corrected chi connectivity index (χ0v) is 12.3. The summed E-state index contributed by atoms with van der Waals surface area (Å²) in [5.74, 6) is -0.0743. The van der Waals surface area contributed by atoms with Crippen molar-refractivity contribution in [3.63, 3.8) is 0 Å². The molecule has 2 atom stereocenters. The van der Waals surface area contributed by atoms with Crippen LogP contribution in [0.4, 0.5) is 5.82 Å². The molecule has 0 aliphatic carbocycles. The van der Waals surface area contributed by atoms with Crippen LogP contribution < -0.4 is 4.90 Å². The summed E-state index contributed by atoms with van der Waals surface area (Å²) in [6.07, 6.45) is 1.31. The van der Waals surface area contributed by atoms with Crippen LogP contribution in [0.3, 0.4) is 0 Å². The number of carbonyl (C=O) groups is 1. The van der Waals surface area contributed by atoms with E-state index in [2.05, 4.69) is 34.2 Å². The average molecular weight is 285 g/mol. The highest BCUT2D eigenvalue weighted by atomic mass is 16.4. The second-order valence-electron chi connectivity index (χ2n) is 5.76. The molecule has 5 heteroatoms. The predicted molar refractivity (Wildman–Crippen MR) is 81.4 cm³/mol. The van der Waals surface area contributed by atoms with Crippen molar-refractivity contribution in [3.05, 3.63) is 30.0 Å². The molecule has 1 aromatic carbocycles. The Hall–Kier alpha value is -2.17. The van der Waals surface area contributed by atoms with E-state index in [-0.39, 0.29) is 12.0 Å². The van der Waals surface area contributed by atoms with Crippen LogP contribution in [0.25, 0.3) is 10.8 Å². The Morgan fingerprint density at radius 2 is 2.00 bits per heavy atom. The molecule has 0 saturated carbocycles. The summed E-state index contributed by atoms with van der Waals surface area (Å²) < 4.78 is 0. The summed E-state index contributed by atoms with van der Waals surface area (Å²) in [5, 5.41) is 20.0. The second kappa shape index (κ2) is 5.31. The molecule has 1 saturated heterocycles. The largest absolute Gasteiger partial charge is 0.481 e. The molecule has 110 valence electrons. The van der Waals surface area contributed by atoms with Crippen molar-refractivity contribution < 1.29 is 9.90 Å². The first-order valence-corrected chi connectivity index (χ1v) is 7.29. The molecule has 5 nitrogen and oxygen atoms in total. The Bertz CT molecular complexity index is 686. The molecule has 1 N–H and O–H groups in total. The van der Waals surface area contributed by atoms with Crippen molar-refractivity contribution in [2.45, 2.75) is 32.7 Å². The third kappa shape index (κ3) is 2.44. The first-order valence-electron chi connectivity index (χ1n) is 7.29. The number of aryl methyl sites for hydroxylation is 1.